The summed E-state index contributed by atoms with van der Waals surface area (Å²) in [5, 5.41) is 0. The van der Waals surface area contributed by atoms with Gasteiger partial charge in [0.15, 0.2) is 5.65 Å². The van der Waals surface area contributed by atoms with E-state index in [0.717, 1.165) is 47.9 Å². The first-order valence-electron chi connectivity index (χ1n) is 8.93. The van der Waals surface area contributed by atoms with Crippen LogP contribution in [0.25, 0.3) is 11.2 Å². The van der Waals surface area contributed by atoms with Crippen molar-refractivity contribution in [3.8, 4) is 0 Å². The van der Waals surface area contributed by atoms with Crippen LogP contribution in [0.1, 0.15) is 25.7 Å². The lowest BCUT2D eigenvalue weighted by Crippen LogP contribution is -2.52. The summed E-state index contributed by atoms with van der Waals surface area (Å²) in [6.45, 7) is 4.50. The lowest BCUT2D eigenvalue weighted by atomic mass is 9.93. The summed E-state index contributed by atoms with van der Waals surface area (Å²) in [5.74, 6) is 3.06. The van der Waals surface area contributed by atoms with Gasteiger partial charge in [0.1, 0.15) is 11.3 Å². The molecule has 2 saturated carbocycles. The molecule has 2 aromatic heterocycles. The zero-order valence-corrected chi connectivity index (χ0v) is 13.4. The van der Waals surface area contributed by atoms with Crippen LogP contribution in [0.5, 0.6) is 0 Å². The molecule has 3 aliphatic rings. The van der Waals surface area contributed by atoms with E-state index in [4.69, 9.17) is 4.98 Å². The first-order chi connectivity index (χ1) is 11.4. The van der Waals surface area contributed by atoms with Crippen LogP contribution >= 0.6 is 0 Å². The zero-order chi connectivity index (χ0) is 15.2. The highest BCUT2D eigenvalue weighted by Gasteiger charge is 2.42. The minimum Gasteiger partial charge on any atom is -0.354 e. The quantitative estimate of drug-likeness (QED) is 0.852. The van der Waals surface area contributed by atoms with E-state index in [2.05, 4.69) is 25.8 Å². The Morgan fingerprint density at radius 1 is 0.913 bits per heavy atom. The van der Waals surface area contributed by atoms with Crippen molar-refractivity contribution in [2.45, 2.75) is 31.7 Å². The first kappa shape index (κ1) is 13.7. The average molecular weight is 309 g/mol. The number of fused-ring (bicyclic) bond motifs is 3. The molecule has 2 aliphatic carbocycles. The molecule has 0 N–H and O–H groups in total. The highest BCUT2D eigenvalue weighted by Crippen LogP contribution is 2.46. The molecule has 120 valence electrons. The summed E-state index contributed by atoms with van der Waals surface area (Å²) >= 11 is 0. The molecular weight excluding hydrogens is 286 g/mol. The van der Waals surface area contributed by atoms with Gasteiger partial charge >= 0.3 is 0 Å². The summed E-state index contributed by atoms with van der Waals surface area (Å²) in [6, 6.07) is 4.99. The van der Waals surface area contributed by atoms with Gasteiger partial charge in [0, 0.05) is 44.6 Å². The third-order valence-corrected chi connectivity index (χ3v) is 6.12. The van der Waals surface area contributed by atoms with Gasteiger partial charge in [0.2, 0.25) is 0 Å². The molecule has 3 heterocycles. The van der Waals surface area contributed by atoms with Gasteiger partial charge in [-0.3, -0.25) is 9.88 Å². The molecular formula is C18H23N5. The summed E-state index contributed by atoms with van der Waals surface area (Å²) in [7, 11) is 0. The number of aromatic nitrogens is 3. The molecule has 5 heteroatoms. The van der Waals surface area contributed by atoms with E-state index >= 15 is 0 Å². The monoisotopic (exact) mass is 309 g/mol. The number of rotatable bonds is 2. The molecule has 3 unspecified atom stereocenters. The fourth-order valence-electron chi connectivity index (χ4n) is 4.96. The van der Waals surface area contributed by atoms with Gasteiger partial charge in [-0.15, -0.1) is 0 Å². The Kier molecular flexibility index (Phi) is 3.21. The molecule has 0 spiro atoms. The Labute approximate surface area is 136 Å². The van der Waals surface area contributed by atoms with Crippen molar-refractivity contribution in [3.05, 3.63) is 24.5 Å². The molecule has 2 bridgehead atoms. The highest BCUT2D eigenvalue weighted by molar-refractivity contribution is 5.71. The Morgan fingerprint density at radius 2 is 1.78 bits per heavy atom. The molecule has 0 aromatic carbocycles. The van der Waals surface area contributed by atoms with Crippen molar-refractivity contribution in [1.82, 2.24) is 19.9 Å². The number of hydrogen-bond donors (Lipinski definition) is 0. The molecule has 3 fully saturated rings. The van der Waals surface area contributed by atoms with Crippen molar-refractivity contribution < 1.29 is 0 Å². The van der Waals surface area contributed by atoms with Crippen LogP contribution in [0.3, 0.4) is 0 Å². The Hall–Kier alpha value is -1.75. The average Bonchev–Trinajstić information content (AvgIpc) is 3.25. The van der Waals surface area contributed by atoms with Gasteiger partial charge in [-0.1, -0.05) is 6.42 Å². The number of nitrogens with zero attached hydrogens (tertiary/aromatic N) is 5. The number of anilines is 1. The molecule has 0 amide bonds. The molecule has 0 radical (unpaired) electrons. The van der Waals surface area contributed by atoms with Crippen LogP contribution in [0.15, 0.2) is 24.5 Å². The van der Waals surface area contributed by atoms with E-state index in [0.29, 0.717) is 0 Å². The molecule has 5 nitrogen and oxygen atoms in total. The van der Waals surface area contributed by atoms with E-state index in [1.807, 2.05) is 6.07 Å². The normalized spacial score (nSPS) is 31.1. The lowest BCUT2D eigenvalue weighted by Gasteiger charge is -2.41. The maximum atomic E-state index is 4.69. The van der Waals surface area contributed by atoms with Crippen LogP contribution < -0.4 is 4.90 Å². The first-order valence-corrected chi connectivity index (χ1v) is 8.93. The second-order valence-corrected chi connectivity index (χ2v) is 7.33. The minimum atomic E-state index is 0.750. The van der Waals surface area contributed by atoms with Gasteiger partial charge in [-0.25, -0.2) is 9.97 Å². The van der Waals surface area contributed by atoms with Gasteiger partial charge in [0.05, 0.1) is 0 Å². The highest BCUT2D eigenvalue weighted by atomic mass is 15.3. The maximum absolute atomic E-state index is 4.69. The van der Waals surface area contributed by atoms with Gasteiger partial charge in [0.25, 0.3) is 0 Å². The number of piperazine rings is 1. The predicted molar refractivity (Wildman–Crippen MR) is 90.4 cm³/mol. The smallest absolute Gasteiger partial charge is 0.180 e. The largest absolute Gasteiger partial charge is 0.354 e. The third kappa shape index (κ3) is 2.38. The van der Waals surface area contributed by atoms with Crippen molar-refractivity contribution in [1.29, 1.82) is 0 Å². The number of hydrogen-bond acceptors (Lipinski definition) is 5. The van der Waals surface area contributed by atoms with Crippen molar-refractivity contribution >= 4 is 17.0 Å². The van der Waals surface area contributed by atoms with Crippen LogP contribution in [0.4, 0.5) is 5.82 Å². The fraction of sp³-hybridized carbons (Fsp3) is 0.611. The topological polar surface area (TPSA) is 45.2 Å². The van der Waals surface area contributed by atoms with E-state index in [1.165, 1.54) is 38.8 Å². The number of pyridine rings is 1. The summed E-state index contributed by atoms with van der Waals surface area (Å²) in [4.78, 5) is 18.5. The van der Waals surface area contributed by atoms with Gasteiger partial charge < -0.3 is 4.90 Å². The molecule has 1 aliphatic heterocycles. The van der Waals surface area contributed by atoms with Crippen molar-refractivity contribution in [2.75, 3.05) is 31.1 Å². The van der Waals surface area contributed by atoms with Crippen molar-refractivity contribution in [2.24, 2.45) is 11.8 Å². The molecule has 3 atom stereocenters. The van der Waals surface area contributed by atoms with E-state index in [1.54, 1.807) is 12.4 Å². The van der Waals surface area contributed by atoms with Crippen LogP contribution in [0.2, 0.25) is 0 Å². The second kappa shape index (κ2) is 5.41. The van der Waals surface area contributed by atoms with E-state index in [-0.39, 0.29) is 0 Å². The standard InChI is InChI=1S/C18H23N5/c1-2-14-11-13(1)12-16(14)22-7-9-23(10-8-22)17-4-3-15-18(21-17)20-6-5-19-15/h3-6,13-14,16H,1-2,7-12H2. The molecule has 2 aromatic rings. The summed E-state index contributed by atoms with van der Waals surface area (Å²) in [6.07, 6.45) is 9.35. The predicted octanol–water partition coefficient (Wildman–Crippen LogP) is 2.34. The second-order valence-electron chi connectivity index (χ2n) is 7.33. The fourth-order valence-corrected chi connectivity index (χ4v) is 4.96. The molecule has 5 rings (SSSR count). The van der Waals surface area contributed by atoms with Crippen LogP contribution in [0, 0.1) is 11.8 Å². The van der Waals surface area contributed by atoms with Crippen molar-refractivity contribution in [3.63, 3.8) is 0 Å². The van der Waals surface area contributed by atoms with E-state index < -0.39 is 0 Å². The molecule has 1 saturated heterocycles. The van der Waals surface area contributed by atoms with Gasteiger partial charge in [-0.05, 0) is 43.2 Å². The summed E-state index contributed by atoms with van der Waals surface area (Å²) < 4.78 is 0. The maximum Gasteiger partial charge on any atom is 0.180 e. The Morgan fingerprint density at radius 3 is 2.57 bits per heavy atom. The third-order valence-electron chi connectivity index (χ3n) is 6.12. The molecule has 23 heavy (non-hydrogen) atoms. The van der Waals surface area contributed by atoms with E-state index in [9.17, 15) is 0 Å². The Balaban J connectivity index is 1.28. The zero-order valence-electron chi connectivity index (χ0n) is 13.4. The SMILES string of the molecule is c1cnc2nc(N3CCN(C4CC5CCC4C5)CC3)ccc2n1. The van der Waals surface area contributed by atoms with Crippen LogP contribution in [-0.2, 0) is 0 Å². The van der Waals surface area contributed by atoms with Gasteiger partial charge in [-0.2, -0.15) is 0 Å². The summed E-state index contributed by atoms with van der Waals surface area (Å²) in [5.41, 5.74) is 1.62. The Bertz CT molecular complexity index is 709. The van der Waals surface area contributed by atoms with Crippen LogP contribution in [-0.4, -0.2) is 52.1 Å². The lowest BCUT2D eigenvalue weighted by molar-refractivity contribution is 0.134. The minimum absolute atomic E-state index is 0.750.